The van der Waals surface area contributed by atoms with E-state index in [0.29, 0.717) is 23.8 Å². The predicted octanol–water partition coefficient (Wildman–Crippen LogP) is 2.98. The number of pyridine rings is 1. The zero-order valence-corrected chi connectivity index (χ0v) is 15.1. The van der Waals surface area contributed by atoms with E-state index in [4.69, 9.17) is 11.6 Å². The topological polar surface area (TPSA) is 62.5 Å². The second-order valence-electron chi connectivity index (χ2n) is 6.13. The average molecular weight is 376 g/mol. The Kier molecular flexibility index (Phi) is 4.59. The van der Waals surface area contributed by atoms with Gasteiger partial charge < -0.3 is 10.2 Å². The molecule has 0 radical (unpaired) electrons. The smallest absolute Gasteiger partial charge is 0.231 e. The lowest BCUT2D eigenvalue weighted by atomic mass is 9.97. The fraction of sp³-hybridized carbons (Fsp3) is 0.353. The lowest BCUT2D eigenvalue weighted by Gasteiger charge is -2.31. The van der Waals surface area contributed by atoms with Crippen molar-refractivity contribution in [3.8, 4) is 0 Å². The number of halogens is 1. The van der Waals surface area contributed by atoms with Crippen molar-refractivity contribution >= 4 is 40.4 Å². The van der Waals surface area contributed by atoms with Crippen LogP contribution < -0.4 is 10.2 Å². The molecule has 0 bridgehead atoms. The Morgan fingerprint density at radius 3 is 3.12 bits per heavy atom. The number of fused-ring (bicyclic) bond motifs is 1. The molecule has 0 aliphatic carbocycles. The molecule has 1 amide bonds. The fourth-order valence-electron chi connectivity index (χ4n) is 3.19. The Hall–Kier alpha value is -2.12. The van der Waals surface area contributed by atoms with Gasteiger partial charge in [-0.05, 0) is 36.4 Å². The summed E-state index contributed by atoms with van der Waals surface area (Å²) < 4.78 is 1.88. The summed E-state index contributed by atoms with van der Waals surface area (Å²) in [6.07, 6.45) is 3.74. The maximum Gasteiger partial charge on any atom is 0.231 e. The van der Waals surface area contributed by atoms with Crippen molar-refractivity contribution < 1.29 is 4.79 Å². The molecular formula is C17H18ClN5OS. The van der Waals surface area contributed by atoms with Gasteiger partial charge in [-0.25, -0.2) is 0 Å². The Bertz CT molecular complexity index is 878. The molecule has 3 aromatic rings. The number of hydrogen-bond acceptors (Lipinski definition) is 5. The van der Waals surface area contributed by atoms with Gasteiger partial charge in [0, 0.05) is 24.2 Å². The van der Waals surface area contributed by atoms with E-state index < -0.39 is 0 Å². The zero-order chi connectivity index (χ0) is 17.2. The number of hydrogen-bond donors (Lipinski definition) is 1. The van der Waals surface area contributed by atoms with Gasteiger partial charge in [-0.15, -0.1) is 21.5 Å². The summed E-state index contributed by atoms with van der Waals surface area (Å²) in [5.41, 5.74) is 0.642. The van der Waals surface area contributed by atoms with Gasteiger partial charge in [-0.1, -0.05) is 17.7 Å². The van der Waals surface area contributed by atoms with Gasteiger partial charge in [-0.3, -0.25) is 9.20 Å². The third-order valence-electron chi connectivity index (χ3n) is 4.46. The van der Waals surface area contributed by atoms with E-state index >= 15 is 0 Å². The maximum atomic E-state index is 12.5. The van der Waals surface area contributed by atoms with Gasteiger partial charge in [0.05, 0.1) is 17.5 Å². The van der Waals surface area contributed by atoms with Gasteiger partial charge in [-0.2, -0.15) is 0 Å². The fourth-order valence-corrected chi connectivity index (χ4v) is 4.04. The van der Waals surface area contributed by atoms with Crippen LogP contribution in [0.4, 0.5) is 5.95 Å². The molecule has 1 aliphatic rings. The number of nitrogens with one attached hydrogen (secondary N) is 1. The molecule has 1 atom stereocenters. The Morgan fingerprint density at radius 1 is 1.36 bits per heavy atom. The molecule has 4 rings (SSSR count). The quantitative estimate of drug-likeness (QED) is 0.761. The van der Waals surface area contributed by atoms with Crippen LogP contribution in [0.2, 0.25) is 5.02 Å². The maximum absolute atomic E-state index is 12.5. The summed E-state index contributed by atoms with van der Waals surface area (Å²) >= 11 is 7.83. The Morgan fingerprint density at radius 2 is 2.28 bits per heavy atom. The SMILES string of the molecule is O=C(NCc1cccs1)C1CCCN(c2nnc3c(Cl)cccn23)C1. The number of anilines is 1. The van der Waals surface area contributed by atoms with E-state index in [0.717, 1.165) is 25.3 Å². The third kappa shape index (κ3) is 3.34. The highest BCUT2D eigenvalue weighted by molar-refractivity contribution is 7.09. The lowest BCUT2D eigenvalue weighted by Crippen LogP contribution is -2.43. The summed E-state index contributed by atoms with van der Waals surface area (Å²) in [5.74, 6) is 0.804. The number of carbonyl (C=O) groups is 1. The molecule has 6 nitrogen and oxygen atoms in total. The van der Waals surface area contributed by atoms with Crippen molar-refractivity contribution in [2.75, 3.05) is 18.0 Å². The normalized spacial score (nSPS) is 17.8. The first-order valence-corrected chi connectivity index (χ1v) is 9.52. The van der Waals surface area contributed by atoms with Crippen molar-refractivity contribution in [3.63, 3.8) is 0 Å². The van der Waals surface area contributed by atoms with Crippen LogP contribution in [0.25, 0.3) is 5.65 Å². The van der Waals surface area contributed by atoms with Gasteiger partial charge in [0.25, 0.3) is 0 Å². The summed E-state index contributed by atoms with van der Waals surface area (Å²) in [5, 5.41) is 14.1. The van der Waals surface area contributed by atoms with Crippen LogP contribution in [0.3, 0.4) is 0 Å². The second-order valence-corrected chi connectivity index (χ2v) is 7.57. The first kappa shape index (κ1) is 16.4. The van der Waals surface area contributed by atoms with Crippen molar-refractivity contribution in [3.05, 3.63) is 45.7 Å². The van der Waals surface area contributed by atoms with Crippen molar-refractivity contribution in [2.45, 2.75) is 19.4 Å². The predicted molar refractivity (Wildman–Crippen MR) is 99.1 cm³/mol. The van der Waals surface area contributed by atoms with E-state index in [9.17, 15) is 4.79 Å². The molecule has 4 heterocycles. The van der Waals surface area contributed by atoms with E-state index in [-0.39, 0.29) is 11.8 Å². The van der Waals surface area contributed by atoms with Crippen LogP contribution in [0, 0.1) is 5.92 Å². The molecule has 0 saturated carbocycles. The average Bonchev–Trinajstić information content (AvgIpc) is 3.30. The van der Waals surface area contributed by atoms with Gasteiger partial charge in [0.15, 0.2) is 5.65 Å². The number of aromatic nitrogens is 3. The van der Waals surface area contributed by atoms with Crippen molar-refractivity contribution in [2.24, 2.45) is 5.92 Å². The molecule has 25 heavy (non-hydrogen) atoms. The number of amides is 1. The lowest BCUT2D eigenvalue weighted by molar-refractivity contribution is -0.125. The third-order valence-corrected chi connectivity index (χ3v) is 5.63. The first-order valence-electron chi connectivity index (χ1n) is 8.26. The highest BCUT2D eigenvalue weighted by atomic mass is 35.5. The monoisotopic (exact) mass is 375 g/mol. The van der Waals surface area contributed by atoms with Crippen LogP contribution in [0.5, 0.6) is 0 Å². The molecule has 1 unspecified atom stereocenters. The van der Waals surface area contributed by atoms with Gasteiger partial charge in [0.2, 0.25) is 11.9 Å². The molecule has 1 saturated heterocycles. The minimum absolute atomic E-state index is 0.0414. The molecular weight excluding hydrogens is 358 g/mol. The van der Waals surface area contributed by atoms with E-state index in [1.54, 1.807) is 17.4 Å². The number of carbonyl (C=O) groups excluding carboxylic acids is 1. The summed E-state index contributed by atoms with van der Waals surface area (Å²) in [7, 11) is 0. The minimum atomic E-state index is -0.0414. The van der Waals surface area contributed by atoms with Crippen LogP contribution in [-0.4, -0.2) is 33.6 Å². The second kappa shape index (κ2) is 7.01. The highest BCUT2D eigenvalue weighted by Crippen LogP contribution is 2.25. The molecule has 1 N–H and O–H groups in total. The summed E-state index contributed by atoms with van der Waals surface area (Å²) in [6.45, 7) is 2.10. The van der Waals surface area contributed by atoms with Crippen LogP contribution >= 0.6 is 22.9 Å². The zero-order valence-electron chi connectivity index (χ0n) is 13.6. The molecule has 0 spiro atoms. The van der Waals surface area contributed by atoms with E-state index in [1.165, 1.54) is 4.88 Å². The minimum Gasteiger partial charge on any atom is -0.351 e. The Labute approximate surface area is 154 Å². The van der Waals surface area contributed by atoms with Crippen molar-refractivity contribution in [1.82, 2.24) is 19.9 Å². The number of piperidine rings is 1. The number of thiophene rings is 1. The standard InChI is InChI=1S/C17H18ClN5OS/c18-14-6-2-8-23-15(14)20-21-17(23)22-7-1-4-12(11-22)16(24)19-10-13-5-3-9-25-13/h2-3,5-6,8-9,12H,1,4,7,10-11H2,(H,19,24). The molecule has 130 valence electrons. The molecule has 1 fully saturated rings. The van der Waals surface area contributed by atoms with Crippen LogP contribution in [0.1, 0.15) is 17.7 Å². The van der Waals surface area contributed by atoms with E-state index in [2.05, 4.69) is 20.4 Å². The van der Waals surface area contributed by atoms with E-state index in [1.807, 2.05) is 34.2 Å². The Balaban J connectivity index is 1.46. The molecule has 8 heteroatoms. The molecule has 0 aromatic carbocycles. The van der Waals surface area contributed by atoms with Crippen LogP contribution in [-0.2, 0) is 11.3 Å². The van der Waals surface area contributed by atoms with Crippen molar-refractivity contribution in [1.29, 1.82) is 0 Å². The first-order chi connectivity index (χ1) is 12.2. The summed E-state index contributed by atoms with van der Waals surface area (Å²) in [4.78, 5) is 15.8. The highest BCUT2D eigenvalue weighted by Gasteiger charge is 2.28. The largest absolute Gasteiger partial charge is 0.351 e. The molecule has 1 aliphatic heterocycles. The number of rotatable bonds is 4. The van der Waals surface area contributed by atoms with Gasteiger partial charge in [0.1, 0.15) is 0 Å². The number of nitrogens with zero attached hydrogens (tertiary/aromatic N) is 4. The van der Waals surface area contributed by atoms with Crippen LogP contribution in [0.15, 0.2) is 35.8 Å². The van der Waals surface area contributed by atoms with Gasteiger partial charge >= 0.3 is 0 Å². The molecule has 3 aromatic heterocycles. The summed E-state index contributed by atoms with van der Waals surface area (Å²) in [6, 6.07) is 7.70.